The second-order valence-corrected chi connectivity index (χ2v) is 6.52. The summed E-state index contributed by atoms with van der Waals surface area (Å²) in [6.45, 7) is 1.84. The molecule has 3 heterocycles. The van der Waals surface area contributed by atoms with Crippen molar-refractivity contribution in [2.24, 2.45) is 5.73 Å². The summed E-state index contributed by atoms with van der Waals surface area (Å²) in [4.78, 5) is 32.3. The molecule has 0 aliphatic heterocycles. The van der Waals surface area contributed by atoms with Crippen molar-refractivity contribution in [3.8, 4) is 5.69 Å². The minimum Gasteiger partial charge on any atom is -0.446 e. The maximum atomic E-state index is 13.2. The molecule has 1 atom stereocenters. The average Bonchev–Trinajstić information content (AvgIpc) is 3.40. The van der Waals surface area contributed by atoms with Crippen LogP contribution >= 0.6 is 0 Å². The Bertz CT molecular complexity index is 1230. The van der Waals surface area contributed by atoms with Gasteiger partial charge >= 0.3 is 0 Å². The Kier molecular flexibility index (Phi) is 4.97. The number of primary amides is 1. The zero-order valence-electron chi connectivity index (χ0n) is 15.9. The third-order valence-corrected chi connectivity index (χ3v) is 4.60. The van der Waals surface area contributed by atoms with Gasteiger partial charge in [-0.3, -0.25) is 14.6 Å². The molecule has 0 saturated heterocycles. The van der Waals surface area contributed by atoms with Gasteiger partial charge in [-0.25, -0.2) is 14.1 Å². The van der Waals surface area contributed by atoms with Crippen LogP contribution in [0, 0.1) is 5.82 Å². The van der Waals surface area contributed by atoms with E-state index in [-0.39, 0.29) is 17.4 Å². The van der Waals surface area contributed by atoms with E-state index in [1.807, 2.05) is 6.92 Å². The number of benzene rings is 1. The first-order valence-corrected chi connectivity index (χ1v) is 9.11. The number of hydrogen-bond donors (Lipinski definition) is 2. The molecule has 0 aliphatic rings. The molecule has 1 unspecified atom stereocenters. The summed E-state index contributed by atoms with van der Waals surface area (Å²) in [6.07, 6.45) is 6.19. The van der Waals surface area contributed by atoms with E-state index >= 15 is 0 Å². The highest BCUT2D eigenvalue weighted by Crippen LogP contribution is 2.23. The number of nitrogens with one attached hydrogen (secondary N) is 1. The first-order chi connectivity index (χ1) is 14.5. The summed E-state index contributed by atoms with van der Waals surface area (Å²) in [5.74, 6) is -1.29. The Morgan fingerprint density at radius 3 is 2.67 bits per heavy atom. The Morgan fingerprint density at radius 2 is 2.00 bits per heavy atom. The van der Waals surface area contributed by atoms with Crippen LogP contribution in [-0.2, 0) is 0 Å². The summed E-state index contributed by atoms with van der Waals surface area (Å²) in [6, 6.07) is 5.26. The topological polar surface area (TPSA) is 129 Å². The molecule has 152 valence electrons. The lowest BCUT2D eigenvalue weighted by Crippen LogP contribution is -2.28. The molecule has 0 aliphatic carbocycles. The van der Waals surface area contributed by atoms with E-state index in [4.69, 9.17) is 10.2 Å². The summed E-state index contributed by atoms with van der Waals surface area (Å²) in [5, 5.41) is 7.71. The van der Waals surface area contributed by atoms with Gasteiger partial charge in [-0.15, -0.1) is 0 Å². The molecule has 10 heteroatoms. The van der Waals surface area contributed by atoms with Crippen molar-refractivity contribution in [2.45, 2.75) is 19.4 Å². The van der Waals surface area contributed by atoms with E-state index in [2.05, 4.69) is 20.4 Å². The molecule has 9 nitrogen and oxygen atoms in total. The maximum Gasteiger partial charge on any atom is 0.270 e. The lowest BCUT2D eigenvalue weighted by atomic mass is 10.1. The van der Waals surface area contributed by atoms with Gasteiger partial charge in [0, 0.05) is 11.6 Å². The lowest BCUT2D eigenvalue weighted by Gasteiger charge is -2.13. The number of aromatic nitrogens is 4. The number of rotatable bonds is 6. The number of fused-ring (bicyclic) bond motifs is 1. The predicted octanol–water partition coefficient (Wildman–Crippen LogP) is 2.53. The van der Waals surface area contributed by atoms with Crippen molar-refractivity contribution in [1.29, 1.82) is 0 Å². The van der Waals surface area contributed by atoms with Gasteiger partial charge in [0.05, 0.1) is 29.2 Å². The first-order valence-electron chi connectivity index (χ1n) is 9.11. The number of halogens is 1. The molecule has 4 aromatic rings. The highest BCUT2D eigenvalue weighted by Gasteiger charge is 2.22. The van der Waals surface area contributed by atoms with Gasteiger partial charge < -0.3 is 15.5 Å². The number of amides is 2. The van der Waals surface area contributed by atoms with Crippen molar-refractivity contribution in [1.82, 2.24) is 25.1 Å². The number of carbonyl (C=O) groups excluding carboxylic acids is 2. The number of hydrogen-bond acceptors (Lipinski definition) is 6. The number of oxazole rings is 1. The van der Waals surface area contributed by atoms with Gasteiger partial charge in [0.15, 0.2) is 5.69 Å². The fraction of sp³-hybridized carbons (Fsp3) is 0.150. The molecule has 1 aromatic carbocycles. The van der Waals surface area contributed by atoms with Crippen molar-refractivity contribution in [3.05, 3.63) is 72.1 Å². The highest BCUT2D eigenvalue weighted by atomic mass is 19.1. The van der Waals surface area contributed by atoms with E-state index in [1.165, 1.54) is 18.3 Å². The molecule has 0 bridgehead atoms. The van der Waals surface area contributed by atoms with Crippen molar-refractivity contribution >= 4 is 22.7 Å². The molecule has 0 spiro atoms. The van der Waals surface area contributed by atoms with E-state index in [0.29, 0.717) is 28.6 Å². The van der Waals surface area contributed by atoms with Crippen LogP contribution in [0.2, 0.25) is 0 Å². The predicted molar refractivity (Wildman–Crippen MR) is 104 cm³/mol. The van der Waals surface area contributed by atoms with E-state index < -0.39 is 17.9 Å². The number of pyridine rings is 1. The van der Waals surface area contributed by atoms with Crippen LogP contribution in [0.3, 0.4) is 0 Å². The quantitative estimate of drug-likeness (QED) is 0.504. The average molecular weight is 408 g/mol. The second-order valence-electron chi connectivity index (χ2n) is 6.52. The van der Waals surface area contributed by atoms with Crippen LogP contribution in [0.5, 0.6) is 0 Å². The molecule has 0 fully saturated rings. The van der Waals surface area contributed by atoms with Crippen molar-refractivity contribution in [2.75, 3.05) is 0 Å². The molecular weight excluding hydrogens is 391 g/mol. The third-order valence-electron chi connectivity index (χ3n) is 4.60. The Hall–Kier alpha value is -4.08. The molecule has 30 heavy (non-hydrogen) atoms. The fourth-order valence-electron chi connectivity index (χ4n) is 3.05. The van der Waals surface area contributed by atoms with Crippen LogP contribution < -0.4 is 11.1 Å². The van der Waals surface area contributed by atoms with Crippen LogP contribution in [0.1, 0.15) is 46.1 Å². The van der Waals surface area contributed by atoms with Crippen molar-refractivity contribution < 1.29 is 18.4 Å². The molecular formula is C20H17FN6O3. The Labute approximate surface area is 169 Å². The highest BCUT2D eigenvalue weighted by molar-refractivity contribution is 6.06. The van der Waals surface area contributed by atoms with E-state index in [1.54, 1.807) is 29.2 Å². The molecule has 3 N–H and O–H groups in total. The summed E-state index contributed by atoms with van der Waals surface area (Å²) in [5.41, 5.74) is 6.72. The largest absolute Gasteiger partial charge is 0.446 e. The van der Waals surface area contributed by atoms with Crippen LogP contribution in [0.15, 0.2) is 53.5 Å². The number of nitrogens with zero attached hydrogens (tertiary/aromatic N) is 4. The molecule has 2 amide bonds. The van der Waals surface area contributed by atoms with Gasteiger partial charge in [-0.1, -0.05) is 6.92 Å². The smallest absolute Gasteiger partial charge is 0.270 e. The van der Waals surface area contributed by atoms with Gasteiger partial charge in [0.25, 0.3) is 11.8 Å². The van der Waals surface area contributed by atoms with Crippen LogP contribution in [0.25, 0.3) is 16.6 Å². The molecule has 4 rings (SSSR count). The zero-order chi connectivity index (χ0) is 21.3. The summed E-state index contributed by atoms with van der Waals surface area (Å²) >= 11 is 0. The normalized spacial score (nSPS) is 12.1. The zero-order valence-corrected chi connectivity index (χ0v) is 15.9. The Balaban J connectivity index is 1.64. The van der Waals surface area contributed by atoms with E-state index in [0.717, 1.165) is 6.26 Å². The second kappa shape index (κ2) is 7.74. The maximum absolute atomic E-state index is 13.2. The monoisotopic (exact) mass is 408 g/mol. The minimum atomic E-state index is -0.714. The van der Waals surface area contributed by atoms with Gasteiger partial charge in [-0.05, 0) is 30.7 Å². The number of carbonyl (C=O) groups is 2. The van der Waals surface area contributed by atoms with Crippen molar-refractivity contribution in [3.63, 3.8) is 0 Å². The number of nitrogens with two attached hydrogens (primary N) is 1. The van der Waals surface area contributed by atoms with Gasteiger partial charge in [0.1, 0.15) is 18.1 Å². The van der Waals surface area contributed by atoms with E-state index in [9.17, 15) is 14.0 Å². The molecule has 0 saturated carbocycles. The van der Waals surface area contributed by atoms with Crippen LogP contribution in [-0.4, -0.2) is 31.6 Å². The van der Waals surface area contributed by atoms with Crippen LogP contribution in [0.4, 0.5) is 4.39 Å². The standard InChI is InChI=1S/C20H17FN6O3/c1-2-15(20-26-16(10-30-20)18(22)28)25-19(29)14-7-23-9-17-13(14)8-24-27(17)12-5-3-11(21)4-6-12/h3-10,15H,2H2,1H3,(H2,22,28)(H,25,29). The first kappa shape index (κ1) is 19.2. The SMILES string of the molecule is CCC(NC(=O)c1cncc2c1cnn2-c1ccc(F)cc1)c1nc(C(N)=O)co1. The minimum absolute atomic E-state index is 0.0120. The third kappa shape index (κ3) is 3.50. The van der Waals surface area contributed by atoms with Gasteiger partial charge in [0.2, 0.25) is 5.89 Å². The fourth-order valence-corrected chi connectivity index (χ4v) is 3.05. The van der Waals surface area contributed by atoms with Gasteiger partial charge in [-0.2, -0.15) is 5.10 Å². The molecule has 0 radical (unpaired) electrons. The Morgan fingerprint density at radius 1 is 1.23 bits per heavy atom. The lowest BCUT2D eigenvalue weighted by molar-refractivity contribution is 0.0929. The summed E-state index contributed by atoms with van der Waals surface area (Å²) in [7, 11) is 0. The molecule has 3 aromatic heterocycles. The summed E-state index contributed by atoms with van der Waals surface area (Å²) < 4.78 is 20.1.